The molecule has 0 saturated heterocycles. The van der Waals surface area contributed by atoms with Crippen molar-refractivity contribution in [3.05, 3.63) is 24.3 Å². The maximum absolute atomic E-state index is 12.5. The lowest BCUT2D eigenvalue weighted by molar-refractivity contribution is -0.121. The molecule has 0 unspecified atom stereocenters. The second kappa shape index (κ2) is 9.59. The van der Waals surface area contributed by atoms with E-state index in [9.17, 15) is 4.79 Å². The van der Waals surface area contributed by atoms with Crippen molar-refractivity contribution in [2.75, 3.05) is 11.9 Å². The Kier molecular flexibility index (Phi) is 7.44. The molecule has 3 heteroatoms. The van der Waals surface area contributed by atoms with Crippen molar-refractivity contribution in [1.82, 2.24) is 0 Å². The molecule has 0 bridgehead atoms. The molecule has 0 radical (unpaired) electrons. The molecule has 1 aliphatic rings. The van der Waals surface area contributed by atoms with Crippen LogP contribution in [0.2, 0.25) is 0 Å². The van der Waals surface area contributed by atoms with E-state index in [4.69, 9.17) is 4.74 Å². The summed E-state index contributed by atoms with van der Waals surface area (Å²) >= 11 is 0. The van der Waals surface area contributed by atoms with Crippen LogP contribution < -0.4 is 10.1 Å². The molecule has 128 valence electrons. The third-order valence-electron chi connectivity index (χ3n) is 4.79. The van der Waals surface area contributed by atoms with Gasteiger partial charge in [0.05, 0.1) is 12.3 Å². The number of unbranched alkanes of at least 4 members (excludes halogenated alkanes) is 1. The van der Waals surface area contributed by atoms with E-state index >= 15 is 0 Å². The smallest absolute Gasteiger partial charge is 0.227 e. The molecule has 0 spiro atoms. The highest BCUT2D eigenvalue weighted by Crippen LogP contribution is 2.33. The average molecular weight is 317 g/mol. The van der Waals surface area contributed by atoms with Gasteiger partial charge in [0.25, 0.3) is 0 Å². The van der Waals surface area contributed by atoms with Crippen molar-refractivity contribution in [2.24, 2.45) is 11.8 Å². The molecule has 1 aromatic carbocycles. The maximum Gasteiger partial charge on any atom is 0.227 e. The number of carbonyl (C=O) groups is 1. The van der Waals surface area contributed by atoms with Crippen LogP contribution in [-0.2, 0) is 4.79 Å². The Morgan fingerprint density at radius 2 is 1.87 bits per heavy atom. The molecule has 2 rings (SSSR count). The minimum absolute atomic E-state index is 0.159. The molecule has 3 nitrogen and oxygen atoms in total. The Balaban J connectivity index is 1.85. The fourth-order valence-corrected chi connectivity index (χ4v) is 3.35. The first-order valence-electron chi connectivity index (χ1n) is 9.27. The number of amides is 1. The molecular weight excluding hydrogens is 286 g/mol. The van der Waals surface area contributed by atoms with Gasteiger partial charge in [-0.05, 0) is 50.2 Å². The van der Waals surface area contributed by atoms with Crippen molar-refractivity contribution in [2.45, 2.75) is 65.2 Å². The summed E-state index contributed by atoms with van der Waals surface area (Å²) in [6.45, 7) is 5.00. The number of ether oxygens (including phenoxy) is 1. The number of hydrogen-bond acceptors (Lipinski definition) is 2. The van der Waals surface area contributed by atoms with Gasteiger partial charge in [0.15, 0.2) is 0 Å². The predicted octanol–water partition coefficient (Wildman–Crippen LogP) is 5.41. The minimum atomic E-state index is 0.159. The van der Waals surface area contributed by atoms with Gasteiger partial charge in [0.1, 0.15) is 5.75 Å². The molecule has 1 amide bonds. The molecule has 1 fully saturated rings. The highest BCUT2D eigenvalue weighted by Gasteiger charge is 2.26. The van der Waals surface area contributed by atoms with Gasteiger partial charge >= 0.3 is 0 Å². The molecule has 1 aromatic rings. The molecule has 0 atom stereocenters. The molecule has 0 aromatic heterocycles. The lowest BCUT2D eigenvalue weighted by Crippen LogP contribution is -2.27. The van der Waals surface area contributed by atoms with Crippen molar-refractivity contribution in [3.8, 4) is 5.75 Å². The summed E-state index contributed by atoms with van der Waals surface area (Å²) in [5, 5.41) is 3.08. The van der Waals surface area contributed by atoms with Crippen LogP contribution in [0.3, 0.4) is 0 Å². The number of hydrogen-bond donors (Lipinski definition) is 1. The zero-order chi connectivity index (χ0) is 16.5. The van der Waals surface area contributed by atoms with Crippen LogP contribution in [0.1, 0.15) is 65.2 Å². The van der Waals surface area contributed by atoms with Crippen LogP contribution >= 0.6 is 0 Å². The zero-order valence-corrected chi connectivity index (χ0v) is 14.6. The first kappa shape index (κ1) is 17.8. The fraction of sp³-hybridized carbons (Fsp3) is 0.650. The SMILES string of the molecule is CCCCC1CCC(C(=O)Nc2ccccc2OCCC)CC1. The van der Waals surface area contributed by atoms with Gasteiger partial charge in [-0.1, -0.05) is 45.2 Å². The van der Waals surface area contributed by atoms with Crippen LogP contribution in [0.4, 0.5) is 5.69 Å². The standard InChI is InChI=1S/C20H31NO2/c1-3-5-8-16-11-13-17(14-12-16)20(22)21-18-9-6-7-10-19(18)23-15-4-2/h6-7,9-10,16-17H,3-5,8,11-15H2,1-2H3,(H,21,22). The maximum atomic E-state index is 12.5. The Bertz CT molecular complexity index is 478. The number of rotatable bonds is 8. The Morgan fingerprint density at radius 1 is 1.13 bits per heavy atom. The first-order valence-corrected chi connectivity index (χ1v) is 9.27. The first-order chi connectivity index (χ1) is 11.2. The monoisotopic (exact) mass is 317 g/mol. The summed E-state index contributed by atoms with van der Waals surface area (Å²) in [5.74, 6) is 1.93. The van der Waals surface area contributed by atoms with Crippen LogP contribution in [0, 0.1) is 11.8 Å². The summed E-state index contributed by atoms with van der Waals surface area (Å²) < 4.78 is 5.72. The van der Waals surface area contributed by atoms with E-state index in [1.165, 1.54) is 32.1 Å². The molecule has 0 aliphatic heterocycles. The lowest BCUT2D eigenvalue weighted by Gasteiger charge is -2.28. The summed E-state index contributed by atoms with van der Waals surface area (Å²) in [7, 11) is 0. The largest absolute Gasteiger partial charge is 0.491 e. The number of carbonyl (C=O) groups excluding carboxylic acids is 1. The third-order valence-corrected chi connectivity index (χ3v) is 4.79. The van der Waals surface area contributed by atoms with Crippen LogP contribution in [0.25, 0.3) is 0 Å². The number of anilines is 1. The van der Waals surface area contributed by atoms with Crippen molar-refractivity contribution in [1.29, 1.82) is 0 Å². The molecule has 1 aliphatic carbocycles. The quantitative estimate of drug-likeness (QED) is 0.696. The van der Waals surface area contributed by atoms with E-state index in [1.807, 2.05) is 24.3 Å². The summed E-state index contributed by atoms with van der Waals surface area (Å²) in [6.07, 6.45) is 9.34. The van der Waals surface area contributed by atoms with Gasteiger partial charge in [0.2, 0.25) is 5.91 Å². The van der Waals surface area contributed by atoms with Crippen LogP contribution in [-0.4, -0.2) is 12.5 Å². The third kappa shape index (κ3) is 5.56. The van der Waals surface area contributed by atoms with Crippen LogP contribution in [0.5, 0.6) is 5.75 Å². The molecule has 1 N–H and O–H groups in total. The predicted molar refractivity (Wildman–Crippen MR) is 95.8 cm³/mol. The van der Waals surface area contributed by atoms with Gasteiger partial charge < -0.3 is 10.1 Å². The van der Waals surface area contributed by atoms with E-state index in [1.54, 1.807) is 0 Å². The van der Waals surface area contributed by atoms with E-state index in [-0.39, 0.29) is 11.8 Å². The molecule has 23 heavy (non-hydrogen) atoms. The lowest BCUT2D eigenvalue weighted by atomic mass is 9.79. The fourth-order valence-electron chi connectivity index (χ4n) is 3.35. The topological polar surface area (TPSA) is 38.3 Å². The van der Waals surface area contributed by atoms with E-state index < -0.39 is 0 Å². The minimum Gasteiger partial charge on any atom is -0.491 e. The summed E-state index contributed by atoms with van der Waals surface area (Å²) in [5.41, 5.74) is 0.805. The van der Waals surface area contributed by atoms with Gasteiger partial charge in [0, 0.05) is 5.92 Å². The number of nitrogens with one attached hydrogen (secondary N) is 1. The summed E-state index contributed by atoms with van der Waals surface area (Å²) in [4.78, 5) is 12.5. The highest BCUT2D eigenvalue weighted by molar-refractivity contribution is 5.94. The molecular formula is C20H31NO2. The van der Waals surface area contributed by atoms with Gasteiger partial charge in [-0.15, -0.1) is 0 Å². The Labute approximate surface area is 140 Å². The number of para-hydroxylation sites is 2. The molecule has 1 saturated carbocycles. The van der Waals surface area contributed by atoms with Crippen molar-refractivity contribution < 1.29 is 9.53 Å². The number of benzene rings is 1. The molecule has 0 heterocycles. The highest BCUT2D eigenvalue weighted by atomic mass is 16.5. The van der Waals surface area contributed by atoms with Gasteiger partial charge in [-0.25, -0.2) is 0 Å². The van der Waals surface area contributed by atoms with Crippen molar-refractivity contribution in [3.63, 3.8) is 0 Å². The van der Waals surface area contributed by atoms with Gasteiger partial charge in [-0.2, -0.15) is 0 Å². The van der Waals surface area contributed by atoms with E-state index in [0.29, 0.717) is 6.61 Å². The normalized spacial score (nSPS) is 21.0. The van der Waals surface area contributed by atoms with Gasteiger partial charge in [-0.3, -0.25) is 4.79 Å². The zero-order valence-electron chi connectivity index (χ0n) is 14.6. The average Bonchev–Trinajstić information content (AvgIpc) is 2.59. The van der Waals surface area contributed by atoms with Crippen molar-refractivity contribution >= 4 is 11.6 Å². The second-order valence-electron chi connectivity index (χ2n) is 6.69. The Morgan fingerprint density at radius 3 is 2.57 bits per heavy atom. The van der Waals surface area contributed by atoms with E-state index in [0.717, 1.165) is 36.6 Å². The van der Waals surface area contributed by atoms with E-state index in [2.05, 4.69) is 19.2 Å². The second-order valence-corrected chi connectivity index (χ2v) is 6.69. The summed E-state index contributed by atoms with van der Waals surface area (Å²) in [6, 6.07) is 7.73. The van der Waals surface area contributed by atoms with Crippen LogP contribution in [0.15, 0.2) is 24.3 Å². The Hall–Kier alpha value is -1.51.